The zero-order chi connectivity index (χ0) is 20.3. The molecule has 1 N–H and O–H groups in total. The number of aromatic nitrogens is 3. The Morgan fingerprint density at radius 2 is 1.82 bits per heavy atom. The lowest BCUT2D eigenvalue weighted by Gasteiger charge is -2.04. The summed E-state index contributed by atoms with van der Waals surface area (Å²) in [6.07, 6.45) is 0. The summed E-state index contributed by atoms with van der Waals surface area (Å²) in [6, 6.07) is 10.8. The Labute approximate surface area is 158 Å². The summed E-state index contributed by atoms with van der Waals surface area (Å²) in [7, 11) is 1.56. The number of benzene rings is 2. The molecule has 2 aromatic carbocycles. The van der Waals surface area contributed by atoms with Gasteiger partial charge in [0, 0.05) is 36.9 Å². The largest absolute Gasteiger partial charge is 0.350 e. The van der Waals surface area contributed by atoms with Gasteiger partial charge in [0.05, 0.1) is 11.5 Å². The summed E-state index contributed by atoms with van der Waals surface area (Å²) >= 11 is 0. The number of nitro benzene ring substituents is 1. The predicted octanol–water partition coefficient (Wildman–Crippen LogP) is 1.73. The Kier molecular flexibility index (Phi) is 5.30. The molecule has 0 aliphatic carbocycles. The molecule has 1 heterocycles. The minimum absolute atomic E-state index is 0.107. The number of nitro groups is 1. The SMILES string of the molecule is Cn1c(-c2ccc(F)cc2)nn(CCNC(=O)c2ccc([N+](=O)[O-])cc2)c1=O. The molecule has 144 valence electrons. The van der Waals surface area contributed by atoms with Crippen LogP contribution in [0, 0.1) is 15.9 Å². The second-order valence-electron chi connectivity index (χ2n) is 5.96. The Bertz CT molecular complexity index is 1070. The van der Waals surface area contributed by atoms with Crippen LogP contribution in [0.1, 0.15) is 10.4 Å². The number of amides is 1. The van der Waals surface area contributed by atoms with E-state index in [1.54, 1.807) is 7.05 Å². The van der Waals surface area contributed by atoms with E-state index in [0.29, 0.717) is 11.4 Å². The fourth-order valence-electron chi connectivity index (χ4n) is 2.60. The number of hydrogen-bond donors (Lipinski definition) is 1. The third-order valence-corrected chi connectivity index (χ3v) is 4.09. The highest BCUT2D eigenvalue weighted by molar-refractivity contribution is 5.94. The highest BCUT2D eigenvalue weighted by Crippen LogP contribution is 2.15. The lowest BCUT2D eigenvalue weighted by atomic mass is 10.2. The molecule has 0 atom stereocenters. The van der Waals surface area contributed by atoms with Gasteiger partial charge in [-0.15, -0.1) is 5.10 Å². The molecular weight excluding hydrogens is 369 g/mol. The van der Waals surface area contributed by atoms with E-state index in [2.05, 4.69) is 10.4 Å². The molecule has 3 aromatic rings. The summed E-state index contributed by atoms with van der Waals surface area (Å²) in [4.78, 5) is 34.5. The Hall–Kier alpha value is -3.82. The molecule has 0 bridgehead atoms. The Morgan fingerprint density at radius 1 is 1.18 bits per heavy atom. The molecule has 3 rings (SSSR count). The Balaban J connectivity index is 1.65. The van der Waals surface area contributed by atoms with E-state index in [0.717, 1.165) is 0 Å². The summed E-state index contributed by atoms with van der Waals surface area (Å²) in [5.74, 6) is -0.425. The summed E-state index contributed by atoms with van der Waals surface area (Å²) in [5.41, 5.74) is 0.384. The zero-order valence-electron chi connectivity index (χ0n) is 14.8. The number of non-ortho nitro benzene ring substituents is 1. The number of halogens is 1. The van der Waals surface area contributed by atoms with Crippen molar-refractivity contribution >= 4 is 11.6 Å². The predicted molar refractivity (Wildman–Crippen MR) is 98.3 cm³/mol. The van der Waals surface area contributed by atoms with E-state index in [4.69, 9.17) is 0 Å². The number of nitrogens with one attached hydrogen (secondary N) is 1. The van der Waals surface area contributed by atoms with Crippen LogP contribution in [0.4, 0.5) is 10.1 Å². The van der Waals surface area contributed by atoms with Gasteiger partial charge in [0.15, 0.2) is 5.82 Å². The fourth-order valence-corrected chi connectivity index (χ4v) is 2.60. The van der Waals surface area contributed by atoms with Crippen molar-refractivity contribution in [3.63, 3.8) is 0 Å². The van der Waals surface area contributed by atoms with Crippen molar-refractivity contribution in [2.45, 2.75) is 6.54 Å². The highest BCUT2D eigenvalue weighted by Gasteiger charge is 2.13. The molecule has 0 saturated heterocycles. The van der Waals surface area contributed by atoms with Crippen molar-refractivity contribution in [1.29, 1.82) is 0 Å². The summed E-state index contributed by atoms with van der Waals surface area (Å²) in [5, 5.41) is 17.5. The van der Waals surface area contributed by atoms with Gasteiger partial charge in [-0.2, -0.15) is 0 Å². The van der Waals surface area contributed by atoms with Gasteiger partial charge in [-0.3, -0.25) is 19.5 Å². The number of carbonyl (C=O) groups is 1. The first-order valence-corrected chi connectivity index (χ1v) is 8.29. The number of hydrogen-bond acceptors (Lipinski definition) is 5. The molecule has 0 unspecified atom stereocenters. The standard InChI is InChI=1S/C18H16FN5O4/c1-22-16(12-2-6-14(19)7-3-12)21-23(18(22)26)11-10-20-17(25)13-4-8-15(9-5-13)24(27)28/h2-9H,10-11H2,1H3,(H,20,25). The van der Waals surface area contributed by atoms with Gasteiger partial charge in [-0.05, 0) is 36.4 Å². The average molecular weight is 385 g/mol. The molecule has 1 amide bonds. The minimum Gasteiger partial charge on any atom is -0.350 e. The molecule has 0 aliphatic heterocycles. The number of carbonyl (C=O) groups excluding carboxylic acids is 1. The number of nitrogens with zero attached hydrogens (tertiary/aromatic N) is 4. The van der Waals surface area contributed by atoms with E-state index in [9.17, 15) is 24.1 Å². The van der Waals surface area contributed by atoms with Gasteiger partial charge < -0.3 is 5.32 Å². The molecule has 10 heteroatoms. The van der Waals surface area contributed by atoms with Crippen molar-refractivity contribution < 1.29 is 14.1 Å². The molecule has 0 fully saturated rings. The second-order valence-corrected chi connectivity index (χ2v) is 5.96. The van der Waals surface area contributed by atoms with Crippen molar-refractivity contribution in [2.24, 2.45) is 7.05 Å². The van der Waals surface area contributed by atoms with E-state index < -0.39 is 10.8 Å². The lowest BCUT2D eigenvalue weighted by Crippen LogP contribution is -2.31. The van der Waals surface area contributed by atoms with Gasteiger partial charge >= 0.3 is 5.69 Å². The van der Waals surface area contributed by atoms with Crippen molar-refractivity contribution in [3.8, 4) is 11.4 Å². The van der Waals surface area contributed by atoms with Crippen molar-refractivity contribution in [2.75, 3.05) is 6.54 Å². The average Bonchev–Trinajstić information content (AvgIpc) is 2.97. The molecular formula is C18H16FN5O4. The molecule has 1 aromatic heterocycles. The van der Waals surface area contributed by atoms with Gasteiger partial charge in [-0.25, -0.2) is 13.9 Å². The maximum atomic E-state index is 13.1. The highest BCUT2D eigenvalue weighted by atomic mass is 19.1. The first kappa shape index (κ1) is 19.0. The van der Waals surface area contributed by atoms with E-state index >= 15 is 0 Å². The minimum atomic E-state index is -0.548. The van der Waals surface area contributed by atoms with Crippen LogP contribution in [0.5, 0.6) is 0 Å². The first-order valence-electron chi connectivity index (χ1n) is 8.29. The summed E-state index contributed by atoms with van der Waals surface area (Å²) < 4.78 is 15.6. The van der Waals surface area contributed by atoms with Crippen LogP contribution in [-0.4, -0.2) is 31.7 Å². The maximum absolute atomic E-state index is 13.1. The van der Waals surface area contributed by atoms with Crippen LogP contribution in [0.3, 0.4) is 0 Å². The van der Waals surface area contributed by atoms with E-state index in [-0.39, 0.29) is 35.8 Å². The lowest BCUT2D eigenvalue weighted by molar-refractivity contribution is -0.384. The smallest absolute Gasteiger partial charge is 0.345 e. The van der Waals surface area contributed by atoms with Gasteiger partial charge in [-0.1, -0.05) is 0 Å². The quantitative estimate of drug-likeness (QED) is 0.513. The van der Waals surface area contributed by atoms with Crippen molar-refractivity contribution in [1.82, 2.24) is 19.7 Å². The number of rotatable bonds is 6. The molecule has 0 saturated carbocycles. The maximum Gasteiger partial charge on any atom is 0.345 e. The van der Waals surface area contributed by atoms with E-state index in [1.165, 1.54) is 57.8 Å². The second kappa shape index (κ2) is 7.82. The zero-order valence-corrected chi connectivity index (χ0v) is 14.8. The normalized spacial score (nSPS) is 10.6. The molecule has 0 aliphatic rings. The van der Waals surface area contributed by atoms with Crippen LogP contribution < -0.4 is 11.0 Å². The van der Waals surface area contributed by atoms with Crippen LogP contribution >= 0.6 is 0 Å². The van der Waals surface area contributed by atoms with Gasteiger partial charge in [0.1, 0.15) is 5.82 Å². The third-order valence-electron chi connectivity index (χ3n) is 4.09. The van der Waals surface area contributed by atoms with Crippen LogP contribution in [0.15, 0.2) is 53.3 Å². The first-order chi connectivity index (χ1) is 13.4. The molecule has 0 radical (unpaired) electrons. The van der Waals surface area contributed by atoms with Crippen LogP contribution in [0.2, 0.25) is 0 Å². The Morgan fingerprint density at radius 3 is 2.43 bits per heavy atom. The molecule has 28 heavy (non-hydrogen) atoms. The van der Waals surface area contributed by atoms with Crippen LogP contribution in [0.25, 0.3) is 11.4 Å². The fraction of sp³-hybridized carbons (Fsp3) is 0.167. The van der Waals surface area contributed by atoms with Crippen molar-refractivity contribution in [3.05, 3.63) is 80.5 Å². The van der Waals surface area contributed by atoms with Gasteiger partial charge in [0.2, 0.25) is 0 Å². The topological polar surface area (TPSA) is 112 Å². The van der Waals surface area contributed by atoms with Crippen LogP contribution in [-0.2, 0) is 13.6 Å². The summed E-state index contributed by atoms with van der Waals surface area (Å²) in [6.45, 7) is 0.266. The monoisotopic (exact) mass is 385 g/mol. The molecule has 9 nitrogen and oxygen atoms in total. The molecule has 0 spiro atoms. The van der Waals surface area contributed by atoms with E-state index in [1.807, 2.05) is 0 Å². The third kappa shape index (κ3) is 3.95. The van der Waals surface area contributed by atoms with Gasteiger partial charge in [0.25, 0.3) is 11.6 Å².